The van der Waals surface area contributed by atoms with Crippen LogP contribution < -0.4 is 14.9 Å². The van der Waals surface area contributed by atoms with Gasteiger partial charge in [0.25, 0.3) is 0 Å². The second-order valence-corrected chi connectivity index (χ2v) is 15.0. The van der Waals surface area contributed by atoms with E-state index in [9.17, 15) is 14.2 Å². The molecule has 0 unspecified atom stereocenters. The predicted octanol–water partition coefficient (Wildman–Crippen LogP) is 9.95. The zero-order valence-corrected chi connectivity index (χ0v) is 34.2. The second-order valence-electron chi connectivity index (χ2n) is 13.4. The van der Waals surface area contributed by atoms with Crippen LogP contribution in [0.25, 0.3) is 0 Å². The van der Waals surface area contributed by atoms with Crippen molar-refractivity contribution in [2.45, 2.75) is 111 Å². The summed E-state index contributed by atoms with van der Waals surface area (Å²) in [5, 5.41) is 1.58. The molecule has 0 aliphatic heterocycles. The molecule has 0 heterocycles. The van der Waals surface area contributed by atoms with Crippen molar-refractivity contribution in [2.75, 3.05) is 33.2 Å². The molecule has 0 spiro atoms. The molecule has 304 valence electrons. The average molecular weight is 785 g/mol. The quantitative estimate of drug-likeness (QED) is 0.0248. The highest BCUT2D eigenvalue weighted by Crippen LogP contribution is 2.50. The summed E-state index contributed by atoms with van der Waals surface area (Å²) in [6.07, 6.45) is 5.80. The molecule has 0 saturated carbocycles. The van der Waals surface area contributed by atoms with E-state index < -0.39 is 32.2 Å². The Bertz CT molecular complexity index is 1560. The molecular weight excluding hydrogens is 723 g/mol. The van der Waals surface area contributed by atoms with Gasteiger partial charge in [0.15, 0.2) is 11.5 Å². The van der Waals surface area contributed by atoms with E-state index in [0.717, 1.165) is 43.2 Å². The number of benzene rings is 3. The lowest BCUT2D eigenvalue weighted by molar-refractivity contribution is -0.160. The normalized spacial score (nSPS) is 12.5. The van der Waals surface area contributed by atoms with Crippen molar-refractivity contribution in [3.05, 3.63) is 95.6 Å². The van der Waals surface area contributed by atoms with Crippen molar-refractivity contribution >= 4 is 19.9 Å². The summed E-state index contributed by atoms with van der Waals surface area (Å²) in [6, 6.07) is 24.2. The van der Waals surface area contributed by atoms with E-state index in [4.69, 9.17) is 32.5 Å². The molecule has 0 fully saturated rings. The van der Waals surface area contributed by atoms with Gasteiger partial charge in [-0.1, -0.05) is 120 Å². The van der Waals surface area contributed by atoms with Gasteiger partial charge in [-0.05, 0) is 61.4 Å². The number of carbonyl (C=O) groups is 2. The van der Waals surface area contributed by atoms with E-state index >= 15 is 0 Å². The molecule has 3 aromatic rings. The maximum atomic E-state index is 14.1. The molecule has 1 atom stereocenters. The maximum Gasteiger partial charge on any atom is 0.477 e. The SMILES string of the molecule is CCCCOC(=O)[C@](C)(Cc1ccc(OCOP(=O)(OCCCC)OCCCC)c(OCCCC)c1)N(Cc1ccccc1)NC(=O)OCc1ccccc1. The van der Waals surface area contributed by atoms with E-state index in [1.807, 2.05) is 87.5 Å². The smallest absolute Gasteiger partial charge is 0.477 e. The average Bonchev–Trinajstić information content (AvgIpc) is 3.18. The zero-order valence-electron chi connectivity index (χ0n) is 33.3. The molecule has 3 aromatic carbocycles. The molecule has 12 nitrogen and oxygen atoms in total. The number of hydrogen-bond acceptors (Lipinski definition) is 11. The molecule has 1 N–H and O–H groups in total. The van der Waals surface area contributed by atoms with Crippen LogP contribution in [0.5, 0.6) is 11.5 Å². The van der Waals surface area contributed by atoms with Crippen molar-refractivity contribution < 1.29 is 46.7 Å². The topological polar surface area (TPSA) is 131 Å². The molecular formula is C42H61N2O10P. The lowest BCUT2D eigenvalue weighted by Crippen LogP contribution is -2.61. The molecule has 0 saturated heterocycles. The van der Waals surface area contributed by atoms with E-state index in [0.29, 0.717) is 42.9 Å². The number of nitrogens with zero attached hydrogens (tertiary/aromatic N) is 1. The number of phosphoric acid groups is 1. The van der Waals surface area contributed by atoms with E-state index in [1.165, 1.54) is 0 Å². The van der Waals surface area contributed by atoms with Crippen molar-refractivity contribution in [1.82, 2.24) is 10.4 Å². The fourth-order valence-corrected chi connectivity index (χ4v) is 6.35. The number of nitrogens with one attached hydrogen (secondary N) is 1. The minimum absolute atomic E-state index is 0.0539. The Balaban J connectivity index is 1.92. The summed E-state index contributed by atoms with van der Waals surface area (Å²) in [6.45, 7) is 10.8. The van der Waals surface area contributed by atoms with Gasteiger partial charge in [0.2, 0.25) is 6.79 Å². The first-order valence-electron chi connectivity index (χ1n) is 19.5. The Kier molecular flexibility index (Phi) is 20.9. The van der Waals surface area contributed by atoms with Crippen LogP contribution >= 0.6 is 7.82 Å². The number of esters is 1. The number of hydrogen-bond donors (Lipinski definition) is 1. The highest BCUT2D eigenvalue weighted by atomic mass is 31.2. The van der Waals surface area contributed by atoms with Crippen molar-refractivity contribution in [2.24, 2.45) is 0 Å². The van der Waals surface area contributed by atoms with Crippen LogP contribution in [0.1, 0.15) is 103 Å². The molecule has 0 aromatic heterocycles. The largest absolute Gasteiger partial charge is 0.490 e. The summed E-state index contributed by atoms with van der Waals surface area (Å²) in [5.74, 6) is 0.253. The molecule has 13 heteroatoms. The second kappa shape index (κ2) is 25.3. The fraction of sp³-hybridized carbons (Fsp3) is 0.524. The number of phosphoric ester groups is 1. The summed E-state index contributed by atoms with van der Waals surface area (Å²) in [5.41, 5.74) is 3.86. The molecule has 0 radical (unpaired) electrons. The first-order chi connectivity index (χ1) is 26.7. The molecule has 0 aliphatic carbocycles. The number of rotatable bonds is 28. The summed E-state index contributed by atoms with van der Waals surface area (Å²) in [7, 11) is -3.86. The van der Waals surface area contributed by atoms with Crippen molar-refractivity contribution in [3.63, 3.8) is 0 Å². The Morgan fingerprint density at radius 1 is 0.655 bits per heavy atom. The van der Waals surface area contributed by atoms with Gasteiger partial charge in [-0.15, -0.1) is 0 Å². The third-order valence-corrected chi connectivity index (χ3v) is 10.0. The maximum absolute atomic E-state index is 14.1. The van der Waals surface area contributed by atoms with Gasteiger partial charge in [0.05, 0.1) is 26.4 Å². The lowest BCUT2D eigenvalue weighted by atomic mass is 9.91. The van der Waals surface area contributed by atoms with Crippen LogP contribution in [-0.2, 0) is 52.0 Å². The van der Waals surface area contributed by atoms with Gasteiger partial charge in [0.1, 0.15) is 12.1 Å². The third kappa shape index (κ3) is 16.4. The molecule has 3 rings (SSSR count). The summed E-state index contributed by atoms with van der Waals surface area (Å²) >= 11 is 0. The minimum atomic E-state index is -3.86. The van der Waals surface area contributed by atoms with E-state index in [1.54, 1.807) is 24.1 Å². The van der Waals surface area contributed by atoms with Crippen molar-refractivity contribution in [1.29, 1.82) is 0 Å². The fourth-order valence-electron chi connectivity index (χ4n) is 5.24. The van der Waals surface area contributed by atoms with Gasteiger partial charge < -0.3 is 18.9 Å². The third-order valence-electron chi connectivity index (χ3n) is 8.62. The van der Waals surface area contributed by atoms with Gasteiger partial charge >= 0.3 is 19.9 Å². The molecule has 1 amide bonds. The highest BCUT2D eigenvalue weighted by molar-refractivity contribution is 7.48. The number of hydrazine groups is 1. The molecule has 0 aliphatic rings. The first kappa shape index (κ1) is 45.5. The number of unbranched alkanes of at least 4 members (excludes halogenated alkanes) is 4. The van der Waals surface area contributed by atoms with Gasteiger partial charge in [-0.25, -0.2) is 18.7 Å². The lowest BCUT2D eigenvalue weighted by Gasteiger charge is -2.39. The Labute approximate surface area is 327 Å². The number of carbonyl (C=O) groups excluding carboxylic acids is 2. The molecule has 0 bridgehead atoms. The predicted molar refractivity (Wildman–Crippen MR) is 212 cm³/mol. The Morgan fingerprint density at radius 2 is 1.24 bits per heavy atom. The zero-order chi connectivity index (χ0) is 39.8. The standard InChI is InChI=1S/C42H61N2O10P/c1-6-10-26-48-39-30-37(24-25-38(39)51-34-54-55(47,52-28-12-8-3)53-29-13-9-4)31-42(5,40(45)49-27-11-7-2)44(32-35-20-16-14-17-21-35)43-41(46)50-33-36-22-18-15-19-23-36/h14-25,30H,6-13,26-29,31-34H2,1-5H3,(H,43,46)/t42-/m0/s1. The van der Waals surface area contributed by atoms with E-state index in [-0.39, 0.29) is 39.4 Å². The van der Waals surface area contributed by atoms with Gasteiger partial charge in [-0.2, -0.15) is 5.01 Å². The summed E-state index contributed by atoms with van der Waals surface area (Å²) in [4.78, 5) is 27.5. The van der Waals surface area contributed by atoms with Crippen LogP contribution in [0.4, 0.5) is 4.79 Å². The number of ether oxygens (including phenoxy) is 4. The number of amides is 1. The van der Waals surface area contributed by atoms with Crippen LogP contribution in [0.15, 0.2) is 78.9 Å². The van der Waals surface area contributed by atoms with Crippen LogP contribution in [-0.4, -0.2) is 55.8 Å². The monoisotopic (exact) mass is 784 g/mol. The van der Waals surface area contributed by atoms with Crippen LogP contribution in [0, 0.1) is 0 Å². The van der Waals surface area contributed by atoms with Crippen molar-refractivity contribution in [3.8, 4) is 11.5 Å². The molecule has 55 heavy (non-hydrogen) atoms. The Morgan fingerprint density at radius 3 is 1.85 bits per heavy atom. The first-order valence-corrected chi connectivity index (χ1v) is 21.0. The van der Waals surface area contributed by atoms with E-state index in [2.05, 4.69) is 12.3 Å². The van der Waals surface area contributed by atoms with Crippen LogP contribution in [0.3, 0.4) is 0 Å². The van der Waals surface area contributed by atoms with Crippen LogP contribution in [0.2, 0.25) is 0 Å². The minimum Gasteiger partial charge on any atom is -0.490 e. The summed E-state index contributed by atoms with van der Waals surface area (Å²) < 4.78 is 53.6. The van der Waals surface area contributed by atoms with Gasteiger partial charge in [-0.3, -0.25) is 14.5 Å². The Hall–Kier alpha value is -3.93. The van der Waals surface area contributed by atoms with Gasteiger partial charge in [0, 0.05) is 13.0 Å². The highest BCUT2D eigenvalue weighted by Gasteiger charge is 2.43.